The first-order chi connectivity index (χ1) is 9.06. The fraction of sp³-hybridized carbons (Fsp3) is 0.538. The summed E-state index contributed by atoms with van der Waals surface area (Å²) in [6.45, 7) is 6.57. The van der Waals surface area contributed by atoms with E-state index in [1.807, 2.05) is 18.9 Å². The van der Waals surface area contributed by atoms with Gasteiger partial charge in [-0.3, -0.25) is 0 Å². The van der Waals surface area contributed by atoms with Crippen LogP contribution in [-0.2, 0) is 4.74 Å². The molecule has 6 heteroatoms. The number of hydrogen-bond acceptors (Lipinski definition) is 5. The molecule has 0 atom stereocenters. The van der Waals surface area contributed by atoms with E-state index in [1.165, 1.54) is 6.07 Å². The molecule has 1 aromatic carbocycles. The molecule has 5 nitrogen and oxygen atoms in total. The number of rotatable bonds is 4. The molecule has 19 heavy (non-hydrogen) atoms. The molecule has 2 rings (SSSR count). The lowest BCUT2D eigenvalue weighted by molar-refractivity contribution is 0.0497. The third-order valence-corrected chi connectivity index (χ3v) is 2.76. The third-order valence-electron chi connectivity index (χ3n) is 2.76. The van der Waals surface area contributed by atoms with Gasteiger partial charge in [-0.25, -0.2) is 9.40 Å². The Kier molecular flexibility index (Phi) is 4.44. The van der Waals surface area contributed by atoms with E-state index in [9.17, 15) is 4.39 Å². The number of hydrogen-bond donors (Lipinski definition) is 2. The number of benzene rings is 1. The lowest BCUT2D eigenvalue weighted by atomic mass is 10.2. The van der Waals surface area contributed by atoms with Gasteiger partial charge >= 0.3 is 0 Å². The van der Waals surface area contributed by atoms with E-state index < -0.39 is 5.82 Å². The van der Waals surface area contributed by atoms with Crippen molar-refractivity contribution in [1.29, 1.82) is 0 Å². The highest BCUT2D eigenvalue weighted by molar-refractivity contribution is 5.68. The standard InChI is InChI=1S/C13H20FN3O2/c1-9(2)19-13-8-12(11(15)7-10(13)14)16-17-3-5-18-6-4-17/h7-9,16H,3-6,15H2,1-2H3. The molecule has 1 saturated heterocycles. The molecule has 0 spiro atoms. The zero-order valence-electron chi connectivity index (χ0n) is 11.3. The minimum Gasteiger partial charge on any atom is -0.488 e. The first-order valence-electron chi connectivity index (χ1n) is 6.41. The fourth-order valence-corrected chi connectivity index (χ4v) is 1.86. The van der Waals surface area contributed by atoms with Gasteiger partial charge < -0.3 is 20.6 Å². The van der Waals surface area contributed by atoms with Crippen LogP contribution in [0.25, 0.3) is 0 Å². The molecular weight excluding hydrogens is 249 g/mol. The Bertz CT molecular complexity index is 434. The van der Waals surface area contributed by atoms with Crippen LogP contribution < -0.4 is 15.9 Å². The highest BCUT2D eigenvalue weighted by atomic mass is 19.1. The van der Waals surface area contributed by atoms with Crippen LogP contribution in [0.5, 0.6) is 5.75 Å². The largest absolute Gasteiger partial charge is 0.488 e. The van der Waals surface area contributed by atoms with Crippen molar-refractivity contribution in [3.05, 3.63) is 17.9 Å². The average molecular weight is 269 g/mol. The number of halogens is 1. The molecule has 1 fully saturated rings. The molecule has 1 aromatic rings. The van der Waals surface area contributed by atoms with E-state index in [4.69, 9.17) is 15.2 Å². The van der Waals surface area contributed by atoms with Gasteiger partial charge in [-0.15, -0.1) is 0 Å². The Hall–Kier alpha value is -1.53. The van der Waals surface area contributed by atoms with Crippen molar-refractivity contribution < 1.29 is 13.9 Å². The molecular formula is C13H20FN3O2. The van der Waals surface area contributed by atoms with Crippen LogP contribution in [0, 0.1) is 5.82 Å². The lowest BCUT2D eigenvalue weighted by Gasteiger charge is -2.28. The van der Waals surface area contributed by atoms with E-state index in [2.05, 4.69) is 5.43 Å². The molecule has 1 aliphatic rings. The smallest absolute Gasteiger partial charge is 0.167 e. The van der Waals surface area contributed by atoms with Crippen LogP contribution in [0.3, 0.4) is 0 Å². The SMILES string of the molecule is CC(C)Oc1cc(NN2CCOCC2)c(N)cc1F. The lowest BCUT2D eigenvalue weighted by Crippen LogP contribution is -2.40. The number of nitrogen functional groups attached to an aromatic ring is 1. The van der Waals surface area contributed by atoms with Gasteiger partial charge in [0.1, 0.15) is 0 Å². The number of morpholine rings is 1. The van der Waals surface area contributed by atoms with Gasteiger partial charge in [-0.1, -0.05) is 0 Å². The molecule has 1 heterocycles. The summed E-state index contributed by atoms with van der Waals surface area (Å²) in [6.07, 6.45) is -0.0886. The van der Waals surface area contributed by atoms with Crippen molar-refractivity contribution in [3.8, 4) is 5.75 Å². The average Bonchev–Trinajstić information content (AvgIpc) is 2.36. The first-order valence-corrected chi connectivity index (χ1v) is 6.41. The van der Waals surface area contributed by atoms with Gasteiger partial charge in [0.2, 0.25) is 0 Å². The zero-order valence-corrected chi connectivity index (χ0v) is 11.3. The van der Waals surface area contributed by atoms with Crippen molar-refractivity contribution >= 4 is 11.4 Å². The molecule has 0 aliphatic carbocycles. The third kappa shape index (κ3) is 3.71. The Balaban J connectivity index is 2.14. The van der Waals surface area contributed by atoms with E-state index >= 15 is 0 Å². The second kappa shape index (κ2) is 6.08. The quantitative estimate of drug-likeness (QED) is 0.817. The van der Waals surface area contributed by atoms with Gasteiger partial charge in [-0.05, 0) is 13.8 Å². The number of nitrogens with zero attached hydrogens (tertiary/aromatic N) is 1. The summed E-state index contributed by atoms with van der Waals surface area (Å²) in [4.78, 5) is 0. The normalized spacial score (nSPS) is 16.6. The van der Waals surface area contributed by atoms with Gasteiger partial charge in [-0.2, -0.15) is 0 Å². The summed E-state index contributed by atoms with van der Waals surface area (Å²) >= 11 is 0. The second-order valence-electron chi connectivity index (χ2n) is 4.75. The van der Waals surface area contributed by atoms with Crippen molar-refractivity contribution in [2.45, 2.75) is 20.0 Å². The summed E-state index contributed by atoms with van der Waals surface area (Å²) in [7, 11) is 0. The Morgan fingerprint density at radius 1 is 1.37 bits per heavy atom. The van der Waals surface area contributed by atoms with Crippen LogP contribution >= 0.6 is 0 Å². The number of hydrazine groups is 1. The summed E-state index contributed by atoms with van der Waals surface area (Å²) in [5.41, 5.74) is 10.0. The predicted molar refractivity (Wildman–Crippen MR) is 72.6 cm³/mol. The van der Waals surface area contributed by atoms with Crippen LogP contribution in [-0.4, -0.2) is 37.4 Å². The monoisotopic (exact) mass is 269 g/mol. The van der Waals surface area contributed by atoms with Crippen molar-refractivity contribution in [1.82, 2.24) is 5.01 Å². The maximum absolute atomic E-state index is 13.7. The Labute approximate surface area is 112 Å². The van der Waals surface area contributed by atoms with Crippen molar-refractivity contribution in [2.75, 3.05) is 37.5 Å². The fourth-order valence-electron chi connectivity index (χ4n) is 1.86. The highest BCUT2D eigenvalue weighted by Gasteiger charge is 2.14. The van der Waals surface area contributed by atoms with Crippen LogP contribution in [0.1, 0.15) is 13.8 Å². The summed E-state index contributed by atoms with van der Waals surface area (Å²) in [5, 5.41) is 1.99. The molecule has 0 radical (unpaired) electrons. The summed E-state index contributed by atoms with van der Waals surface area (Å²) in [5.74, 6) is -0.237. The van der Waals surface area contributed by atoms with Gasteiger partial charge in [0.25, 0.3) is 0 Å². The molecule has 3 N–H and O–H groups in total. The van der Waals surface area contributed by atoms with Gasteiger partial charge in [0.15, 0.2) is 11.6 Å². The maximum atomic E-state index is 13.7. The number of nitrogens with two attached hydrogens (primary N) is 1. The summed E-state index contributed by atoms with van der Waals surface area (Å²) < 4.78 is 24.4. The van der Waals surface area contributed by atoms with Crippen LogP contribution in [0.2, 0.25) is 0 Å². The van der Waals surface area contributed by atoms with E-state index in [0.717, 1.165) is 13.1 Å². The minimum absolute atomic E-state index is 0.0886. The number of nitrogens with one attached hydrogen (secondary N) is 1. The maximum Gasteiger partial charge on any atom is 0.167 e. The van der Waals surface area contributed by atoms with Crippen LogP contribution in [0.15, 0.2) is 12.1 Å². The molecule has 0 aromatic heterocycles. The van der Waals surface area contributed by atoms with E-state index in [1.54, 1.807) is 6.07 Å². The summed E-state index contributed by atoms with van der Waals surface area (Å²) in [6, 6.07) is 2.88. The van der Waals surface area contributed by atoms with Crippen LogP contribution in [0.4, 0.5) is 15.8 Å². The highest BCUT2D eigenvalue weighted by Crippen LogP contribution is 2.29. The minimum atomic E-state index is -0.446. The molecule has 106 valence electrons. The Morgan fingerprint density at radius 2 is 2.05 bits per heavy atom. The molecule has 1 aliphatic heterocycles. The van der Waals surface area contributed by atoms with Gasteiger partial charge in [0.05, 0.1) is 30.7 Å². The van der Waals surface area contributed by atoms with E-state index in [0.29, 0.717) is 24.6 Å². The van der Waals surface area contributed by atoms with E-state index in [-0.39, 0.29) is 11.9 Å². The topological polar surface area (TPSA) is 59.8 Å². The molecule has 0 saturated carbocycles. The first kappa shape index (κ1) is 13.9. The second-order valence-corrected chi connectivity index (χ2v) is 4.75. The zero-order chi connectivity index (χ0) is 13.8. The predicted octanol–water partition coefficient (Wildman–Crippen LogP) is 1.85. The molecule has 0 unspecified atom stereocenters. The van der Waals surface area contributed by atoms with Crippen molar-refractivity contribution in [3.63, 3.8) is 0 Å². The number of ether oxygens (including phenoxy) is 2. The molecule has 0 bridgehead atoms. The Morgan fingerprint density at radius 3 is 2.68 bits per heavy atom. The van der Waals surface area contributed by atoms with Gasteiger partial charge in [0, 0.05) is 25.2 Å². The number of anilines is 2. The molecule has 0 amide bonds. The van der Waals surface area contributed by atoms with Crippen molar-refractivity contribution in [2.24, 2.45) is 0 Å².